The topological polar surface area (TPSA) is 66.5 Å². The highest BCUT2D eigenvalue weighted by Crippen LogP contribution is 2.29. The Balaban J connectivity index is 1.65. The largest absolute Gasteiger partial charge is 0.326 e. The van der Waals surface area contributed by atoms with E-state index in [9.17, 15) is 13.2 Å². The van der Waals surface area contributed by atoms with Crippen molar-refractivity contribution in [3.8, 4) is 0 Å². The molecule has 5 nitrogen and oxygen atoms in total. The van der Waals surface area contributed by atoms with E-state index < -0.39 is 10.0 Å². The molecule has 0 aromatic heterocycles. The number of amides is 1. The van der Waals surface area contributed by atoms with E-state index in [0.717, 1.165) is 5.56 Å². The normalized spacial score (nSPS) is 17.1. The third kappa shape index (κ3) is 4.69. The van der Waals surface area contributed by atoms with Crippen molar-refractivity contribution in [2.75, 3.05) is 21.9 Å². The van der Waals surface area contributed by atoms with Gasteiger partial charge in [0.2, 0.25) is 15.9 Å². The van der Waals surface area contributed by atoms with Crippen molar-refractivity contribution >= 4 is 27.3 Å². The van der Waals surface area contributed by atoms with Gasteiger partial charge in [-0.25, -0.2) is 8.42 Å². The van der Waals surface area contributed by atoms with E-state index in [1.54, 1.807) is 24.3 Å². The van der Waals surface area contributed by atoms with Crippen molar-refractivity contribution < 1.29 is 13.2 Å². The minimum atomic E-state index is -3.19. The summed E-state index contributed by atoms with van der Waals surface area (Å²) in [6.07, 6.45) is 1.06. The summed E-state index contributed by atoms with van der Waals surface area (Å²) in [5.41, 5.74) is 2.49. The standard InChI is InChI=1S/C21H26N2O3S/c1-16(2)20(17-7-4-3-5-8-17)15-21(24)22-18-9-11-19(12-10-18)23-13-6-14-27(23,25)26/h3-5,7-12,16,20H,6,13-15H2,1-2H3,(H,22,24). The molecule has 1 N–H and O–H groups in total. The molecule has 1 unspecified atom stereocenters. The van der Waals surface area contributed by atoms with Gasteiger partial charge in [-0.2, -0.15) is 0 Å². The number of anilines is 2. The van der Waals surface area contributed by atoms with Crippen LogP contribution in [-0.4, -0.2) is 26.6 Å². The predicted octanol–water partition coefficient (Wildman–Crippen LogP) is 3.99. The fourth-order valence-electron chi connectivity index (χ4n) is 3.49. The Hall–Kier alpha value is -2.34. The molecule has 1 aliphatic heterocycles. The highest BCUT2D eigenvalue weighted by Gasteiger charge is 2.28. The zero-order chi connectivity index (χ0) is 19.4. The number of benzene rings is 2. The third-order valence-corrected chi connectivity index (χ3v) is 6.85. The van der Waals surface area contributed by atoms with Crippen LogP contribution in [0.15, 0.2) is 54.6 Å². The van der Waals surface area contributed by atoms with Crippen LogP contribution in [0.4, 0.5) is 11.4 Å². The molecule has 3 rings (SSSR count). The molecule has 27 heavy (non-hydrogen) atoms. The van der Waals surface area contributed by atoms with Crippen molar-refractivity contribution in [1.29, 1.82) is 0 Å². The average molecular weight is 387 g/mol. The minimum absolute atomic E-state index is 0.0425. The quantitative estimate of drug-likeness (QED) is 0.816. The highest BCUT2D eigenvalue weighted by atomic mass is 32.2. The molecule has 0 radical (unpaired) electrons. The van der Waals surface area contributed by atoms with Crippen LogP contribution in [-0.2, 0) is 14.8 Å². The lowest BCUT2D eigenvalue weighted by Gasteiger charge is -2.21. The Kier molecular flexibility index (Phi) is 5.85. The number of nitrogens with one attached hydrogen (secondary N) is 1. The average Bonchev–Trinajstić information content (AvgIpc) is 3.00. The third-order valence-electron chi connectivity index (χ3n) is 4.98. The first-order valence-electron chi connectivity index (χ1n) is 9.32. The molecule has 6 heteroatoms. The van der Waals surface area contributed by atoms with E-state index in [2.05, 4.69) is 31.3 Å². The molecular weight excluding hydrogens is 360 g/mol. The summed E-state index contributed by atoms with van der Waals surface area (Å²) in [7, 11) is -3.19. The monoisotopic (exact) mass is 386 g/mol. The zero-order valence-electron chi connectivity index (χ0n) is 15.8. The van der Waals surface area contributed by atoms with Crippen LogP contribution in [0.5, 0.6) is 0 Å². The number of sulfonamides is 1. The fourth-order valence-corrected chi connectivity index (χ4v) is 5.06. The lowest BCUT2D eigenvalue weighted by molar-refractivity contribution is -0.116. The van der Waals surface area contributed by atoms with Gasteiger partial charge in [0.25, 0.3) is 0 Å². The number of carbonyl (C=O) groups excluding carboxylic acids is 1. The second-order valence-electron chi connectivity index (χ2n) is 7.30. The molecule has 1 amide bonds. The van der Waals surface area contributed by atoms with Gasteiger partial charge in [-0.15, -0.1) is 0 Å². The van der Waals surface area contributed by atoms with Gasteiger partial charge in [-0.3, -0.25) is 9.10 Å². The molecular formula is C21H26N2O3S. The van der Waals surface area contributed by atoms with E-state index >= 15 is 0 Å². The molecule has 2 aromatic carbocycles. The van der Waals surface area contributed by atoms with E-state index in [1.165, 1.54) is 4.31 Å². The SMILES string of the molecule is CC(C)C(CC(=O)Nc1ccc(N2CCCS2(=O)=O)cc1)c1ccccc1. The number of carbonyl (C=O) groups is 1. The zero-order valence-corrected chi connectivity index (χ0v) is 16.6. The molecule has 2 aromatic rings. The summed E-state index contributed by atoms with van der Waals surface area (Å²) in [4.78, 5) is 12.5. The fraction of sp³-hybridized carbons (Fsp3) is 0.381. The molecule has 1 fully saturated rings. The Bertz CT molecular complexity index is 877. The summed E-state index contributed by atoms with van der Waals surface area (Å²) in [6.45, 7) is 4.76. The number of nitrogens with zero attached hydrogens (tertiary/aromatic N) is 1. The molecule has 0 saturated carbocycles. The van der Waals surface area contributed by atoms with E-state index in [0.29, 0.717) is 36.7 Å². The van der Waals surface area contributed by atoms with Gasteiger partial charge in [0.05, 0.1) is 11.4 Å². The number of hydrogen-bond acceptors (Lipinski definition) is 3. The maximum absolute atomic E-state index is 12.5. The van der Waals surface area contributed by atoms with Crippen LogP contribution in [0.25, 0.3) is 0 Å². The van der Waals surface area contributed by atoms with Gasteiger partial charge >= 0.3 is 0 Å². The van der Waals surface area contributed by atoms with Gasteiger partial charge < -0.3 is 5.32 Å². The van der Waals surface area contributed by atoms with Gasteiger partial charge in [0.1, 0.15) is 0 Å². The maximum atomic E-state index is 12.5. The Morgan fingerprint density at radius 3 is 2.30 bits per heavy atom. The second-order valence-corrected chi connectivity index (χ2v) is 9.31. The summed E-state index contributed by atoms with van der Waals surface area (Å²) in [6, 6.07) is 17.1. The van der Waals surface area contributed by atoms with E-state index in [4.69, 9.17) is 0 Å². The van der Waals surface area contributed by atoms with Gasteiger partial charge in [0.15, 0.2) is 0 Å². The molecule has 0 spiro atoms. The minimum Gasteiger partial charge on any atom is -0.326 e. The Morgan fingerprint density at radius 1 is 1.07 bits per heavy atom. The summed E-state index contributed by atoms with van der Waals surface area (Å²) >= 11 is 0. The Morgan fingerprint density at radius 2 is 1.74 bits per heavy atom. The van der Waals surface area contributed by atoms with E-state index in [1.807, 2.05) is 18.2 Å². The first-order chi connectivity index (χ1) is 12.9. The van der Waals surface area contributed by atoms with Crippen molar-refractivity contribution in [1.82, 2.24) is 0 Å². The van der Waals surface area contributed by atoms with Crippen LogP contribution < -0.4 is 9.62 Å². The lowest BCUT2D eigenvalue weighted by atomic mass is 9.85. The first-order valence-corrected chi connectivity index (χ1v) is 10.9. The summed E-state index contributed by atoms with van der Waals surface area (Å²) in [5, 5.41) is 2.93. The predicted molar refractivity (Wildman–Crippen MR) is 109 cm³/mol. The first kappa shape index (κ1) is 19.4. The van der Waals surface area contributed by atoms with Gasteiger partial charge in [-0.05, 0) is 48.1 Å². The Labute approximate surface area is 161 Å². The van der Waals surface area contributed by atoms with Crippen molar-refractivity contribution in [2.24, 2.45) is 5.92 Å². The van der Waals surface area contributed by atoms with Crippen molar-refractivity contribution in [3.63, 3.8) is 0 Å². The van der Waals surface area contributed by atoms with Crippen LogP contribution >= 0.6 is 0 Å². The van der Waals surface area contributed by atoms with Crippen LogP contribution in [0.1, 0.15) is 38.2 Å². The smallest absolute Gasteiger partial charge is 0.235 e. The number of hydrogen-bond donors (Lipinski definition) is 1. The second kappa shape index (κ2) is 8.13. The molecule has 0 aliphatic carbocycles. The molecule has 1 atom stereocenters. The molecule has 1 heterocycles. The van der Waals surface area contributed by atoms with Crippen LogP contribution in [0.3, 0.4) is 0 Å². The molecule has 0 bridgehead atoms. The summed E-state index contributed by atoms with van der Waals surface area (Å²) < 4.78 is 25.4. The van der Waals surface area contributed by atoms with Crippen molar-refractivity contribution in [2.45, 2.75) is 32.6 Å². The molecule has 1 saturated heterocycles. The number of rotatable bonds is 6. The van der Waals surface area contributed by atoms with Crippen LogP contribution in [0.2, 0.25) is 0 Å². The lowest BCUT2D eigenvalue weighted by Crippen LogP contribution is -2.25. The maximum Gasteiger partial charge on any atom is 0.235 e. The summed E-state index contributed by atoms with van der Waals surface area (Å²) in [5.74, 6) is 0.655. The molecule has 144 valence electrons. The molecule has 1 aliphatic rings. The van der Waals surface area contributed by atoms with Gasteiger partial charge in [0, 0.05) is 18.7 Å². The van der Waals surface area contributed by atoms with Crippen LogP contribution in [0, 0.1) is 5.92 Å². The highest BCUT2D eigenvalue weighted by molar-refractivity contribution is 7.93. The van der Waals surface area contributed by atoms with Crippen molar-refractivity contribution in [3.05, 3.63) is 60.2 Å². The van der Waals surface area contributed by atoms with Gasteiger partial charge in [-0.1, -0.05) is 44.2 Å². The van der Waals surface area contributed by atoms with E-state index in [-0.39, 0.29) is 17.6 Å².